The van der Waals surface area contributed by atoms with E-state index < -0.39 is 0 Å². The lowest BCUT2D eigenvalue weighted by Gasteiger charge is -2.25. The highest BCUT2D eigenvalue weighted by Crippen LogP contribution is 2.32. The largest absolute Gasteiger partial charge is 0.356 e. The third-order valence-corrected chi connectivity index (χ3v) is 4.39. The molecule has 0 radical (unpaired) electrons. The Balaban J connectivity index is 2.39. The molecule has 2 rings (SSSR count). The van der Waals surface area contributed by atoms with Crippen molar-refractivity contribution in [2.75, 3.05) is 23.4 Å². The Morgan fingerprint density at radius 3 is 2.43 bits per heavy atom. The van der Waals surface area contributed by atoms with Crippen molar-refractivity contribution >= 4 is 11.6 Å². The van der Waals surface area contributed by atoms with Gasteiger partial charge in [0.25, 0.3) is 0 Å². The van der Waals surface area contributed by atoms with Crippen molar-refractivity contribution < 1.29 is 0 Å². The molecule has 1 aliphatic rings. The molecular weight excluding hydrogens is 262 g/mol. The lowest BCUT2D eigenvalue weighted by molar-refractivity contribution is 0.422. The van der Waals surface area contributed by atoms with Crippen LogP contribution in [0, 0.1) is 18.8 Å². The highest BCUT2D eigenvalue weighted by Gasteiger charge is 2.29. The molecule has 21 heavy (non-hydrogen) atoms. The van der Waals surface area contributed by atoms with E-state index in [9.17, 15) is 0 Å². The molecule has 1 aromatic heterocycles. The number of anilines is 2. The monoisotopic (exact) mass is 291 g/mol. The van der Waals surface area contributed by atoms with Gasteiger partial charge in [-0.3, -0.25) is 0 Å². The molecule has 0 saturated carbocycles. The van der Waals surface area contributed by atoms with Crippen LogP contribution in [0.1, 0.15) is 52.4 Å². The second-order valence-electron chi connectivity index (χ2n) is 7.48. The first-order valence-electron chi connectivity index (χ1n) is 7.84. The summed E-state index contributed by atoms with van der Waals surface area (Å²) < 4.78 is 0. The molecule has 2 heterocycles. The Labute approximate surface area is 128 Å². The summed E-state index contributed by atoms with van der Waals surface area (Å²) in [4.78, 5) is 11.8. The van der Waals surface area contributed by atoms with E-state index in [0.29, 0.717) is 5.92 Å². The molecule has 5 nitrogen and oxygen atoms in total. The number of hydrogen-bond donors (Lipinski definition) is 2. The summed E-state index contributed by atoms with van der Waals surface area (Å²) in [5, 5.41) is 0. The minimum atomic E-state index is -0.0920. The highest BCUT2D eigenvalue weighted by molar-refractivity contribution is 5.59. The van der Waals surface area contributed by atoms with E-state index in [1.165, 1.54) is 6.42 Å². The fourth-order valence-electron chi connectivity index (χ4n) is 2.81. The minimum Gasteiger partial charge on any atom is -0.356 e. The Morgan fingerprint density at radius 2 is 1.95 bits per heavy atom. The number of aromatic nitrogens is 2. The normalized spacial score (nSPS) is 19.4. The van der Waals surface area contributed by atoms with E-state index in [2.05, 4.69) is 49.9 Å². The molecule has 5 heteroatoms. The van der Waals surface area contributed by atoms with Gasteiger partial charge in [-0.1, -0.05) is 34.6 Å². The molecule has 1 atom stereocenters. The van der Waals surface area contributed by atoms with Gasteiger partial charge >= 0.3 is 0 Å². The van der Waals surface area contributed by atoms with Gasteiger partial charge in [0.1, 0.15) is 17.5 Å². The number of nitrogens with two attached hydrogens (primary N) is 1. The first-order valence-corrected chi connectivity index (χ1v) is 7.84. The topological polar surface area (TPSA) is 67.1 Å². The van der Waals surface area contributed by atoms with Crippen molar-refractivity contribution in [3.05, 3.63) is 11.4 Å². The van der Waals surface area contributed by atoms with Crippen molar-refractivity contribution in [2.24, 2.45) is 17.7 Å². The SMILES string of the molecule is Cc1c(NN)nc(C(C)(C)C)nc1N1CCC(C(C)C)C1. The molecule has 1 saturated heterocycles. The molecule has 0 aliphatic carbocycles. The summed E-state index contributed by atoms with van der Waals surface area (Å²) in [6, 6.07) is 0. The van der Waals surface area contributed by atoms with Gasteiger partial charge in [-0.15, -0.1) is 0 Å². The molecular formula is C16H29N5. The lowest BCUT2D eigenvalue weighted by atomic mass is 9.95. The summed E-state index contributed by atoms with van der Waals surface area (Å²) >= 11 is 0. The summed E-state index contributed by atoms with van der Waals surface area (Å²) in [5.41, 5.74) is 3.67. The van der Waals surface area contributed by atoms with Gasteiger partial charge < -0.3 is 10.3 Å². The smallest absolute Gasteiger partial charge is 0.148 e. The van der Waals surface area contributed by atoms with E-state index in [1.54, 1.807) is 0 Å². The molecule has 0 amide bonds. The molecule has 1 fully saturated rings. The number of hydrazine groups is 1. The maximum absolute atomic E-state index is 5.65. The standard InChI is InChI=1S/C16H29N5/c1-10(2)12-7-8-21(9-12)14-11(3)13(20-17)18-15(19-14)16(4,5)6/h10,12H,7-9,17H2,1-6H3,(H,18,19,20). The molecule has 1 unspecified atom stereocenters. The zero-order chi connectivity index (χ0) is 15.8. The Bertz CT molecular complexity index is 504. The first-order chi connectivity index (χ1) is 9.74. The van der Waals surface area contributed by atoms with Gasteiger partial charge in [-0.2, -0.15) is 0 Å². The van der Waals surface area contributed by atoms with E-state index >= 15 is 0 Å². The quantitative estimate of drug-likeness (QED) is 0.662. The zero-order valence-corrected chi connectivity index (χ0v) is 14.2. The van der Waals surface area contributed by atoms with Crippen LogP contribution in [0.5, 0.6) is 0 Å². The molecule has 118 valence electrons. The van der Waals surface area contributed by atoms with Gasteiger partial charge in [0.05, 0.1) is 0 Å². The van der Waals surface area contributed by atoms with Crippen molar-refractivity contribution in [3.8, 4) is 0 Å². The van der Waals surface area contributed by atoms with Crippen molar-refractivity contribution in [2.45, 2.75) is 53.4 Å². The maximum atomic E-state index is 5.65. The van der Waals surface area contributed by atoms with Gasteiger partial charge in [-0.05, 0) is 25.2 Å². The number of hydrogen-bond acceptors (Lipinski definition) is 5. The van der Waals surface area contributed by atoms with E-state index in [4.69, 9.17) is 10.8 Å². The van der Waals surface area contributed by atoms with Crippen LogP contribution in [0.4, 0.5) is 11.6 Å². The maximum Gasteiger partial charge on any atom is 0.148 e. The molecule has 1 aromatic rings. The van der Waals surface area contributed by atoms with Crippen LogP contribution in [-0.4, -0.2) is 23.1 Å². The van der Waals surface area contributed by atoms with Gasteiger partial charge in [-0.25, -0.2) is 15.8 Å². The summed E-state index contributed by atoms with van der Waals surface area (Å²) in [6.45, 7) is 15.2. The van der Waals surface area contributed by atoms with Gasteiger partial charge in [0, 0.05) is 24.1 Å². The number of nitrogen functional groups attached to an aromatic ring is 1. The third kappa shape index (κ3) is 3.28. The van der Waals surface area contributed by atoms with Crippen molar-refractivity contribution in [1.82, 2.24) is 9.97 Å². The summed E-state index contributed by atoms with van der Waals surface area (Å²) in [5.74, 6) is 9.71. The molecule has 3 N–H and O–H groups in total. The number of rotatable bonds is 3. The second-order valence-corrected chi connectivity index (χ2v) is 7.48. The molecule has 0 spiro atoms. The summed E-state index contributed by atoms with van der Waals surface area (Å²) in [7, 11) is 0. The summed E-state index contributed by atoms with van der Waals surface area (Å²) in [6.07, 6.45) is 1.23. The van der Waals surface area contributed by atoms with Crippen LogP contribution < -0.4 is 16.2 Å². The lowest BCUT2D eigenvalue weighted by Crippen LogP contribution is -2.27. The van der Waals surface area contributed by atoms with Crippen LogP contribution in [0.25, 0.3) is 0 Å². The fourth-order valence-corrected chi connectivity index (χ4v) is 2.81. The average molecular weight is 291 g/mol. The third-order valence-electron chi connectivity index (χ3n) is 4.39. The van der Waals surface area contributed by atoms with E-state index in [0.717, 1.165) is 42.0 Å². The predicted octanol–water partition coefficient (Wildman–Crippen LogP) is 2.85. The Hall–Kier alpha value is -1.36. The van der Waals surface area contributed by atoms with Crippen molar-refractivity contribution in [1.29, 1.82) is 0 Å². The van der Waals surface area contributed by atoms with Gasteiger partial charge in [0.15, 0.2) is 0 Å². The van der Waals surface area contributed by atoms with Crippen LogP contribution in [0.15, 0.2) is 0 Å². The van der Waals surface area contributed by atoms with Gasteiger partial charge in [0.2, 0.25) is 0 Å². The fraction of sp³-hybridized carbons (Fsp3) is 0.750. The van der Waals surface area contributed by atoms with Crippen LogP contribution in [0.2, 0.25) is 0 Å². The predicted molar refractivity (Wildman–Crippen MR) is 88.4 cm³/mol. The van der Waals surface area contributed by atoms with Crippen LogP contribution >= 0.6 is 0 Å². The van der Waals surface area contributed by atoms with E-state index in [-0.39, 0.29) is 5.41 Å². The number of nitrogens with one attached hydrogen (secondary N) is 1. The highest BCUT2D eigenvalue weighted by atomic mass is 15.3. The zero-order valence-electron chi connectivity index (χ0n) is 14.2. The van der Waals surface area contributed by atoms with Crippen LogP contribution in [-0.2, 0) is 5.41 Å². The van der Waals surface area contributed by atoms with Crippen molar-refractivity contribution in [3.63, 3.8) is 0 Å². The average Bonchev–Trinajstić information content (AvgIpc) is 2.87. The second kappa shape index (κ2) is 5.79. The molecule has 0 aromatic carbocycles. The Kier molecular flexibility index (Phi) is 4.42. The Morgan fingerprint density at radius 1 is 1.29 bits per heavy atom. The first kappa shape index (κ1) is 16.0. The van der Waals surface area contributed by atoms with Crippen LogP contribution in [0.3, 0.4) is 0 Å². The van der Waals surface area contributed by atoms with E-state index in [1.807, 2.05) is 6.92 Å². The number of nitrogens with zero attached hydrogens (tertiary/aromatic N) is 3. The molecule has 1 aliphatic heterocycles. The minimum absolute atomic E-state index is 0.0920. The molecule has 0 bridgehead atoms.